The predicted octanol–water partition coefficient (Wildman–Crippen LogP) is 1.39. The van der Waals surface area contributed by atoms with Crippen molar-refractivity contribution in [1.82, 2.24) is 24.8 Å². The number of amides is 1. The number of carbonyl (C=O) groups is 1. The highest BCUT2D eigenvalue weighted by atomic mass is 35.5. The topological polar surface area (TPSA) is 62.5 Å². The van der Waals surface area contributed by atoms with Gasteiger partial charge in [0, 0.05) is 31.7 Å². The first-order valence-electron chi connectivity index (χ1n) is 7.81. The molecule has 23 heavy (non-hydrogen) atoms. The van der Waals surface area contributed by atoms with Crippen molar-refractivity contribution in [2.24, 2.45) is 0 Å². The fraction of sp³-hybridized carbons (Fsp3) is 0.438. The van der Waals surface area contributed by atoms with Crippen LogP contribution < -0.4 is 5.32 Å². The first kappa shape index (κ1) is 16.0. The molecule has 1 saturated heterocycles. The van der Waals surface area contributed by atoms with Crippen LogP contribution >= 0.6 is 12.4 Å². The zero-order valence-electron chi connectivity index (χ0n) is 12.8. The van der Waals surface area contributed by atoms with Gasteiger partial charge in [0.2, 0.25) is 5.91 Å². The van der Waals surface area contributed by atoms with Crippen LogP contribution in [0.4, 0.5) is 0 Å². The highest BCUT2D eigenvalue weighted by Crippen LogP contribution is 2.27. The highest BCUT2D eigenvalue weighted by molar-refractivity contribution is 5.85. The van der Waals surface area contributed by atoms with E-state index in [2.05, 4.69) is 19.9 Å². The van der Waals surface area contributed by atoms with Crippen LogP contribution in [0.5, 0.6) is 0 Å². The number of rotatable bonds is 2. The van der Waals surface area contributed by atoms with Gasteiger partial charge in [-0.1, -0.05) is 18.2 Å². The second kappa shape index (κ2) is 6.68. The molecule has 0 aromatic carbocycles. The Morgan fingerprint density at radius 3 is 2.78 bits per heavy atom. The van der Waals surface area contributed by atoms with Crippen LogP contribution in [0.3, 0.4) is 0 Å². The number of hydrogen-bond donors (Lipinski definition) is 1. The monoisotopic (exact) mass is 333 g/mol. The van der Waals surface area contributed by atoms with Crippen molar-refractivity contribution >= 4 is 24.0 Å². The van der Waals surface area contributed by atoms with Crippen molar-refractivity contribution in [3.63, 3.8) is 0 Å². The Morgan fingerprint density at radius 1 is 1.22 bits per heavy atom. The quantitative estimate of drug-likeness (QED) is 0.844. The van der Waals surface area contributed by atoms with E-state index in [-0.39, 0.29) is 24.4 Å². The normalized spacial score (nSPS) is 21.6. The molecular formula is C16H20ClN5O. The molecule has 1 amide bonds. The number of likely N-dealkylation sites (tertiary alicyclic amines) is 1. The Balaban J connectivity index is 0.00000156. The third-order valence-electron chi connectivity index (χ3n) is 4.56. The van der Waals surface area contributed by atoms with Crippen LogP contribution in [0.1, 0.15) is 24.6 Å². The molecule has 4 heterocycles. The van der Waals surface area contributed by atoms with Gasteiger partial charge in [-0.25, -0.2) is 0 Å². The lowest BCUT2D eigenvalue weighted by molar-refractivity contribution is -0.133. The van der Waals surface area contributed by atoms with Crippen LogP contribution in [0.25, 0.3) is 5.65 Å². The molecule has 7 heteroatoms. The van der Waals surface area contributed by atoms with E-state index >= 15 is 0 Å². The number of hydrogen-bond acceptors (Lipinski definition) is 4. The average molecular weight is 334 g/mol. The number of nitrogens with one attached hydrogen (secondary N) is 1. The van der Waals surface area contributed by atoms with Gasteiger partial charge in [-0.2, -0.15) is 0 Å². The molecule has 0 radical (unpaired) electrons. The molecule has 2 aromatic rings. The summed E-state index contributed by atoms with van der Waals surface area (Å²) in [5.41, 5.74) is 0.885. The molecule has 1 unspecified atom stereocenters. The Hall–Kier alpha value is -1.92. The minimum atomic E-state index is -0.134. The molecule has 2 aromatic heterocycles. The zero-order chi connectivity index (χ0) is 14.9. The molecule has 6 nitrogen and oxygen atoms in total. The molecule has 0 saturated carbocycles. The van der Waals surface area contributed by atoms with Crippen molar-refractivity contribution in [1.29, 1.82) is 0 Å². The van der Waals surface area contributed by atoms with Crippen molar-refractivity contribution < 1.29 is 4.79 Å². The summed E-state index contributed by atoms with van der Waals surface area (Å²) in [5.74, 6) is 1.58. The molecule has 1 N–H and O–H groups in total. The third-order valence-corrected chi connectivity index (χ3v) is 4.56. The summed E-state index contributed by atoms with van der Waals surface area (Å²) in [4.78, 5) is 14.4. The summed E-state index contributed by atoms with van der Waals surface area (Å²) in [6, 6.07) is 5.80. The predicted molar refractivity (Wildman–Crippen MR) is 89.7 cm³/mol. The number of nitrogens with zero attached hydrogens (tertiary/aromatic N) is 4. The summed E-state index contributed by atoms with van der Waals surface area (Å²) in [6.07, 6.45) is 7.86. The lowest BCUT2D eigenvalue weighted by Gasteiger charge is -2.32. The van der Waals surface area contributed by atoms with Crippen molar-refractivity contribution in [3.05, 3.63) is 42.4 Å². The average Bonchev–Trinajstić information content (AvgIpc) is 3.24. The number of pyridine rings is 1. The second-order valence-electron chi connectivity index (χ2n) is 5.90. The SMILES string of the molecule is Cl.O=C(C1C=CCN1)N1CCC(c2nnc3ccccn23)CC1. The smallest absolute Gasteiger partial charge is 0.243 e. The summed E-state index contributed by atoms with van der Waals surface area (Å²) in [7, 11) is 0. The standard InChI is InChI=1S/C16H19N5O.ClH/c22-16(13-4-3-8-17-13)20-10-6-12(7-11-20)15-19-18-14-5-1-2-9-21(14)15;/h1-5,9,12-13,17H,6-8,10-11H2;1H. The van der Waals surface area contributed by atoms with Crippen LogP contribution in [-0.2, 0) is 4.79 Å². The largest absolute Gasteiger partial charge is 0.341 e. The van der Waals surface area contributed by atoms with Gasteiger partial charge < -0.3 is 4.90 Å². The number of aromatic nitrogens is 3. The van der Waals surface area contributed by atoms with Gasteiger partial charge in [0.25, 0.3) is 0 Å². The number of piperidine rings is 1. The van der Waals surface area contributed by atoms with E-state index < -0.39 is 0 Å². The first-order chi connectivity index (χ1) is 10.8. The lowest BCUT2D eigenvalue weighted by atomic mass is 9.95. The van der Waals surface area contributed by atoms with E-state index in [0.29, 0.717) is 5.92 Å². The van der Waals surface area contributed by atoms with E-state index in [4.69, 9.17) is 0 Å². The van der Waals surface area contributed by atoms with Gasteiger partial charge in [0.1, 0.15) is 11.9 Å². The van der Waals surface area contributed by atoms with Crippen LogP contribution in [0, 0.1) is 0 Å². The molecule has 1 atom stereocenters. The molecule has 0 bridgehead atoms. The summed E-state index contributed by atoms with van der Waals surface area (Å²) < 4.78 is 2.06. The molecule has 0 spiro atoms. The summed E-state index contributed by atoms with van der Waals surface area (Å²) in [6.45, 7) is 2.37. The molecule has 1 fully saturated rings. The van der Waals surface area contributed by atoms with Gasteiger partial charge in [-0.05, 0) is 25.0 Å². The maximum atomic E-state index is 12.4. The second-order valence-corrected chi connectivity index (χ2v) is 5.90. The molecule has 2 aliphatic rings. The maximum absolute atomic E-state index is 12.4. The summed E-state index contributed by atoms with van der Waals surface area (Å²) in [5, 5.41) is 11.8. The minimum absolute atomic E-state index is 0. The Morgan fingerprint density at radius 2 is 2.04 bits per heavy atom. The van der Waals surface area contributed by atoms with Crippen molar-refractivity contribution in [2.75, 3.05) is 19.6 Å². The number of carbonyl (C=O) groups excluding carboxylic acids is 1. The van der Waals surface area contributed by atoms with E-state index in [1.807, 2.05) is 41.4 Å². The fourth-order valence-electron chi connectivity index (χ4n) is 3.33. The van der Waals surface area contributed by atoms with E-state index in [1.54, 1.807) is 0 Å². The van der Waals surface area contributed by atoms with E-state index in [9.17, 15) is 4.79 Å². The lowest BCUT2D eigenvalue weighted by Crippen LogP contribution is -2.46. The number of fused-ring (bicyclic) bond motifs is 1. The van der Waals surface area contributed by atoms with Crippen molar-refractivity contribution in [2.45, 2.75) is 24.8 Å². The van der Waals surface area contributed by atoms with Gasteiger partial charge in [0.15, 0.2) is 5.65 Å². The molecular weight excluding hydrogens is 314 g/mol. The Labute approximate surface area is 141 Å². The van der Waals surface area contributed by atoms with Gasteiger partial charge >= 0.3 is 0 Å². The van der Waals surface area contributed by atoms with E-state index in [1.165, 1.54) is 0 Å². The molecule has 122 valence electrons. The van der Waals surface area contributed by atoms with Crippen LogP contribution in [0.2, 0.25) is 0 Å². The minimum Gasteiger partial charge on any atom is -0.341 e. The van der Waals surface area contributed by atoms with Crippen LogP contribution in [-0.4, -0.2) is 51.1 Å². The van der Waals surface area contributed by atoms with Crippen LogP contribution in [0.15, 0.2) is 36.5 Å². The van der Waals surface area contributed by atoms with Gasteiger partial charge in [-0.3, -0.25) is 14.5 Å². The Bertz CT molecular complexity index is 720. The fourth-order valence-corrected chi connectivity index (χ4v) is 3.33. The first-order valence-corrected chi connectivity index (χ1v) is 7.81. The molecule has 4 rings (SSSR count). The molecule has 2 aliphatic heterocycles. The zero-order valence-corrected chi connectivity index (χ0v) is 13.6. The maximum Gasteiger partial charge on any atom is 0.243 e. The molecule has 0 aliphatic carbocycles. The Kier molecular flexibility index (Phi) is 4.63. The highest BCUT2D eigenvalue weighted by Gasteiger charge is 2.30. The van der Waals surface area contributed by atoms with Gasteiger partial charge in [0.05, 0.1) is 0 Å². The number of halogens is 1. The summed E-state index contributed by atoms with van der Waals surface area (Å²) >= 11 is 0. The van der Waals surface area contributed by atoms with Gasteiger partial charge in [-0.15, -0.1) is 22.6 Å². The third kappa shape index (κ3) is 2.96. The van der Waals surface area contributed by atoms with Crippen molar-refractivity contribution in [3.8, 4) is 0 Å². The van der Waals surface area contributed by atoms with E-state index in [0.717, 1.165) is 43.9 Å².